The average Bonchev–Trinajstić information content (AvgIpc) is 2.55. The zero-order valence-electron chi connectivity index (χ0n) is 13.0. The molecule has 3 aromatic rings. The van der Waals surface area contributed by atoms with Gasteiger partial charge in [0.1, 0.15) is 0 Å². The standard InChI is InChI=1S/C18H15ClN4O/c1-12-4-2-6-14(10-12)20-17-9-8-16(22-23-17)18(24)21-15-7-3-5-13(19)11-15/h2-11H,1H3,(H,20,23)(H,21,24). The van der Waals surface area contributed by atoms with E-state index in [9.17, 15) is 4.79 Å². The summed E-state index contributed by atoms with van der Waals surface area (Å²) >= 11 is 5.90. The van der Waals surface area contributed by atoms with Gasteiger partial charge in [-0.25, -0.2) is 0 Å². The van der Waals surface area contributed by atoms with Gasteiger partial charge in [0.2, 0.25) is 0 Å². The third-order valence-corrected chi connectivity index (χ3v) is 3.51. The molecule has 24 heavy (non-hydrogen) atoms. The number of halogens is 1. The number of nitrogens with one attached hydrogen (secondary N) is 2. The largest absolute Gasteiger partial charge is 0.339 e. The second-order valence-corrected chi connectivity index (χ2v) is 5.70. The second-order valence-electron chi connectivity index (χ2n) is 5.26. The number of aromatic nitrogens is 2. The average molecular weight is 339 g/mol. The molecule has 6 heteroatoms. The normalized spacial score (nSPS) is 10.2. The smallest absolute Gasteiger partial charge is 0.276 e. The molecule has 2 N–H and O–H groups in total. The summed E-state index contributed by atoms with van der Waals surface area (Å²) in [7, 11) is 0. The van der Waals surface area contributed by atoms with E-state index in [-0.39, 0.29) is 11.6 Å². The van der Waals surface area contributed by atoms with Gasteiger partial charge in [0.25, 0.3) is 5.91 Å². The number of aryl methyl sites for hydroxylation is 1. The number of carbonyl (C=O) groups excluding carboxylic acids is 1. The van der Waals surface area contributed by atoms with E-state index in [1.807, 2.05) is 31.2 Å². The molecular formula is C18H15ClN4O. The predicted octanol–water partition coefficient (Wildman–Crippen LogP) is 4.43. The molecule has 0 bridgehead atoms. The molecule has 0 fully saturated rings. The Morgan fingerprint density at radius 2 is 1.75 bits per heavy atom. The maximum atomic E-state index is 12.2. The Bertz CT molecular complexity index is 865. The van der Waals surface area contributed by atoms with Crippen LogP contribution < -0.4 is 10.6 Å². The first-order chi connectivity index (χ1) is 11.6. The van der Waals surface area contributed by atoms with Gasteiger partial charge in [0.05, 0.1) is 0 Å². The van der Waals surface area contributed by atoms with E-state index in [1.165, 1.54) is 0 Å². The van der Waals surface area contributed by atoms with Crippen LogP contribution in [0.15, 0.2) is 60.7 Å². The van der Waals surface area contributed by atoms with Gasteiger partial charge < -0.3 is 10.6 Å². The van der Waals surface area contributed by atoms with Gasteiger partial charge in [-0.2, -0.15) is 0 Å². The van der Waals surface area contributed by atoms with Crippen molar-refractivity contribution in [1.82, 2.24) is 10.2 Å². The van der Waals surface area contributed by atoms with Crippen molar-refractivity contribution in [3.63, 3.8) is 0 Å². The van der Waals surface area contributed by atoms with Gasteiger partial charge >= 0.3 is 0 Å². The van der Waals surface area contributed by atoms with Gasteiger partial charge in [-0.05, 0) is 55.0 Å². The first-order valence-corrected chi connectivity index (χ1v) is 7.72. The maximum absolute atomic E-state index is 12.2. The summed E-state index contributed by atoms with van der Waals surface area (Å²) in [4.78, 5) is 12.2. The molecule has 0 radical (unpaired) electrons. The van der Waals surface area contributed by atoms with Crippen LogP contribution in [0.5, 0.6) is 0 Å². The lowest BCUT2D eigenvalue weighted by molar-refractivity contribution is 0.102. The lowest BCUT2D eigenvalue weighted by Gasteiger charge is -2.07. The molecule has 0 spiro atoms. The summed E-state index contributed by atoms with van der Waals surface area (Å²) in [5, 5.41) is 14.4. The van der Waals surface area contributed by atoms with E-state index in [1.54, 1.807) is 36.4 Å². The number of nitrogens with zero attached hydrogens (tertiary/aromatic N) is 2. The Morgan fingerprint density at radius 1 is 0.958 bits per heavy atom. The van der Waals surface area contributed by atoms with E-state index < -0.39 is 0 Å². The number of carbonyl (C=O) groups is 1. The Labute approximate surface area is 144 Å². The molecule has 0 aliphatic carbocycles. The van der Waals surface area contributed by atoms with Crippen molar-refractivity contribution in [3.8, 4) is 0 Å². The quantitative estimate of drug-likeness (QED) is 0.738. The van der Waals surface area contributed by atoms with Gasteiger partial charge in [0.15, 0.2) is 11.5 Å². The van der Waals surface area contributed by atoms with E-state index in [4.69, 9.17) is 11.6 Å². The third kappa shape index (κ3) is 4.08. The number of benzene rings is 2. The van der Waals surface area contributed by atoms with Crippen LogP contribution in [0.4, 0.5) is 17.2 Å². The highest BCUT2D eigenvalue weighted by Crippen LogP contribution is 2.17. The van der Waals surface area contributed by atoms with Crippen LogP contribution in [0.3, 0.4) is 0 Å². The van der Waals surface area contributed by atoms with Crippen molar-refractivity contribution in [2.45, 2.75) is 6.92 Å². The lowest BCUT2D eigenvalue weighted by atomic mass is 10.2. The molecule has 1 amide bonds. The first-order valence-electron chi connectivity index (χ1n) is 7.34. The molecule has 0 unspecified atom stereocenters. The maximum Gasteiger partial charge on any atom is 0.276 e. The third-order valence-electron chi connectivity index (χ3n) is 3.27. The van der Waals surface area contributed by atoms with Crippen LogP contribution in [-0.4, -0.2) is 16.1 Å². The molecule has 3 rings (SSSR count). The summed E-state index contributed by atoms with van der Waals surface area (Å²) in [5.41, 5.74) is 2.90. The van der Waals surface area contributed by atoms with Crippen molar-refractivity contribution in [2.75, 3.05) is 10.6 Å². The van der Waals surface area contributed by atoms with Crippen molar-refractivity contribution in [1.29, 1.82) is 0 Å². The minimum absolute atomic E-state index is 0.227. The van der Waals surface area contributed by atoms with Crippen molar-refractivity contribution in [3.05, 3.63) is 76.9 Å². The van der Waals surface area contributed by atoms with Crippen molar-refractivity contribution in [2.24, 2.45) is 0 Å². The Balaban J connectivity index is 1.68. The van der Waals surface area contributed by atoms with Crippen molar-refractivity contribution >= 4 is 34.7 Å². The van der Waals surface area contributed by atoms with Gasteiger partial charge in [-0.3, -0.25) is 4.79 Å². The van der Waals surface area contributed by atoms with Gasteiger partial charge in [0, 0.05) is 16.4 Å². The second kappa shape index (κ2) is 7.10. The first kappa shape index (κ1) is 16.0. The highest BCUT2D eigenvalue weighted by atomic mass is 35.5. The minimum Gasteiger partial charge on any atom is -0.339 e. The molecule has 1 aromatic heterocycles. The molecule has 0 aliphatic heterocycles. The molecule has 0 saturated heterocycles. The van der Waals surface area contributed by atoms with Crippen LogP contribution in [0, 0.1) is 6.92 Å². The van der Waals surface area contributed by atoms with E-state index in [0.29, 0.717) is 16.5 Å². The van der Waals surface area contributed by atoms with Crippen LogP contribution in [0.25, 0.3) is 0 Å². The summed E-state index contributed by atoms with van der Waals surface area (Å²) in [6, 6.07) is 18.2. The molecule has 0 atom stereocenters. The molecule has 0 saturated carbocycles. The van der Waals surface area contributed by atoms with Crippen molar-refractivity contribution < 1.29 is 4.79 Å². The molecule has 0 aliphatic rings. The van der Waals surface area contributed by atoms with E-state index >= 15 is 0 Å². The Hall–Kier alpha value is -2.92. The van der Waals surface area contributed by atoms with Crippen LogP contribution in [0.1, 0.15) is 16.1 Å². The number of hydrogen-bond acceptors (Lipinski definition) is 4. The number of anilines is 3. The topological polar surface area (TPSA) is 66.9 Å². The monoisotopic (exact) mass is 338 g/mol. The number of amides is 1. The molecule has 120 valence electrons. The number of hydrogen-bond donors (Lipinski definition) is 2. The summed E-state index contributed by atoms with van der Waals surface area (Å²) in [5.74, 6) is 0.228. The molecule has 2 aromatic carbocycles. The van der Waals surface area contributed by atoms with E-state index in [2.05, 4.69) is 20.8 Å². The van der Waals surface area contributed by atoms with Gasteiger partial charge in [-0.15, -0.1) is 10.2 Å². The van der Waals surface area contributed by atoms with Crippen LogP contribution in [-0.2, 0) is 0 Å². The zero-order chi connectivity index (χ0) is 16.9. The molecule has 1 heterocycles. The fourth-order valence-corrected chi connectivity index (χ4v) is 2.34. The molecular weight excluding hydrogens is 324 g/mol. The van der Waals surface area contributed by atoms with Gasteiger partial charge in [-0.1, -0.05) is 29.8 Å². The zero-order valence-corrected chi connectivity index (χ0v) is 13.7. The van der Waals surface area contributed by atoms with Crippen LogP contribution >= 0.6 is 11.6 Å². The fraction of sp³-hybridized carbons (Fsp3) is 0.0556. The fourth-order valence-electron chi connectivity index (χ4n) is 2.15. The minimum atomic E-state index is -0.341. The van der Waals surface area contributed by atoms with E-state index in [0.717, 1.165) is 11.3 Å². The molecule has 5 nitrogen and oxygen atoms in total. The summed E-state index contributed by atoms with van der Waals surface area (Å²) in [6.45, 7) is 2.01. The number of rotatable bonds is 4. The predicted molar refractivity (Wildman–Crippen MR) is 95.9 cm³/mol. The summed E-state index contributed by atoms with van der Waals surface area (Å²) in [6.07, 6.45) is 0. The SMILES string of the molecule is Cc1cccc(Nc2ccc(C(=O)Nc3cccc(Cl)c3)nn2)c1. The Morgan fingerprint density at radius 3 is 2.46 bits per heavy atom. The Kier molecular flexibility index (Phi) is 4.72. The lowest BCUT2D eigenvalue weighted by Crippen LogP contribution is -2.14. The highest BCUT2D eigenvalue weighted by Gasteiger charge is 2.09. The van der Waals surface area contributed by atoms with Crippen LogP contribution in [0.2, 0.25) is 5.02 Å². The highest BCUT2D eigenvalue weighted by molar-refractivity contribution is 6.30. The summed E-state index contributed by atoms with van der Waals surface area (Å²) < 4.78 is 0.